The first-order valence-corrected chi connectivity index (χ1v) is 10.3. The van der Waals surface area contributed by atoms with Crippen LogP contribution in [-0.2, 0) is 16.0 Å². The Kier molecular flexibility index (Phi) is 4.87. The van der Waals surface area contributed by atoms with Gasteiger partial charge in [-0.3, -0.25) is 4.79 Å². The van der Waals surface area contributed by atoms with Gasteiger partial charge in [0.1, 0.15) is 6.61 Å². The highest BCUT2D eigenvalue weighted by atomic mass is 16.6. The fourth-order valence-electron chi connectivity index (χ4n) is 4.91. The van der Waals surface area contributed by atoms with Gasteiger partial charge in [0, 0.05) is 19.0 Å². The third kappa shape index (κ3) is 3.83. The molecule has 1 aromatic carbocycles. The van der Waals surface area contributed by atoms with E-state index in [9.17, 15) is 9.59 Å². The number of rotatable bonds is 4. The van der Waals surface area contributed by atoms with E-state index in [0.29, 0.717) is 18.4 Å². The number of hydrogen-bond donors (Lipinski definition) is 1. The molecule has 1 saturated carbocycles. The van der Waals surface area contributed by atoms with Gasteiger partial charge in [-0.2, -0.15) is 0 Å². The second kappa shape index (κ2) is 7.17. The zero-order chi connectivity index (χ0) is 19.0. The first-order valence-electron chi connectivity index (χ1n) is 10.3. The molecule has 2 saturated heterocycles. The molecule has 0 aromatic heterocycles. The monoisotopic (exact) mass is 370 g/mol. The summed E-state index contributed by atoms with van der Waals surface area (Å²) in [5, 5.41) is 2.87. The van der Waals surface area contributed by atoms with Crippen LogP contribution in [0, 0.1) is 11.8 Å². The second-order valence-corrected chi connectivity index (χ2v) is 9.03. The summed E-state index contributed by atoms with van der Waals surface area (Å²) in [4.78, 5) is 26.1. The topological polar surface area (TPSA) is 58.6 Å². The summed E-state index contributed by atoms with van der Waals surface area (Å²) in [5.74, 6) is 1.52. The van der Waals surface area contributed by atoms with Gasteiger partial charge in [0.25, 0.3) is 0 Å². The van der Waals surface area contributed by atoms with Crippen LogP contribution in [0.1, 0.15) is 56.6 Å². The maximum atomic E-state index is 12.8. The second-order valence-electron chi connectivity index (χ2n) is 9.03. The van der Waals surface area contributed by atoms with E-state index >= 15 is 0 Å². The van der Waals surface area contributed by atoms with Crippen LogP contribution >= 0.6 is 0 Å². The maximum Gasteiger partial charge on any atom is 0.407 e. The minimum Gasteiger partial charge on any atom is -0.447 e. The number of alkyl carbamates (subject to hydrolysis) is 1. The SMILES string of the molecule is CC(C)Cc1cccc(C2CCN(C(=O)[C@H]3C[C@]4(COC(=O)N4)C3)CC2)c1. The van der Waals surface area contributed by atoms with E-state index in [1.165, 1.54) is 11.1 Å². The van der Waals surface area contributed by atoms with Gasteiger partial charge in [-0.1, -0.05) is 38.1 Å². The average molecular weight is 370 g/mol. The number of benzene rings is 1. The van der Waals surface area contributed by atoms with E-state index in [0.717, 1.165) is 45.2 Å². The van der Waals surface area contributed by atoms with Crippen molar-refractivity contribution in [3.05, 3.63) is 35.4 Å². The highest BCUT2D eigenvalue weighted by molar-refractivity contribution is 5.81. The van der Waals surface area contributed by atoms with Crippen molar-refractivity contribution >= 4 is 12.0 Å². The Bertz CT molecular complexity index is 716. The Hall–Kier alpha value is -2.04. The Labute approximate surface area is 161 Å². The Morgan fingerprint density at radius 2 is 2.04 bits per heavy atom. The van der Waals surface area contributed by atoms with Crippen molar-refractivity contribution in [1.82, 2.24) is 10.2 Å². The molecule has 27 heavy (non-hydrogen) atoms. The predicted octanol–water partition coefficient (Wildman–Crippen LogP) is 3.48. The molecule has 1 aliphatic carbocycles. The third-order valence-electron chi connectivity index (χ3n) is 6.34. The van der Waals surface area contributed by atoms with Crippen molar-refractivity contribution in [2.24, 2.45) is 11.8 Å². The molecule has 146 valence electrons. The van der Waals surface area contributed by atoms with Crippen LogP contribution in [0.3, 0.4) is 0 Å². The zero-order valence-electron chi connectivity index (χ0n) is 16.4. The van der Waals surface area contributed by atoms with Crippen LogP contribution in [0.5, 0.6) is 0 Å². The van der Waals surface area contributed by atoms with Crippen LogP contribution in [0.15, 0.2) is 24.3 Å². The minimum atomic E-state index is -0.346. The van der Waals surface area contributed by atoms with E-state index in [1.807, 2.05) is 4.90 Å². The summed E-state index contributed by atoms with van der Waals surface area (Å²) in [5.41, 5.74) is 2.57. The number of carbonyl (C=O) groups excluding carboxylic acids is 2. The number of hydrogen-bond acceptors (Lipinski definition) is 3. The standard InChI is InChI=1S/C22H30N2O3/c1-15(2)10-16-4-3-5-18(11-16)17-6-8-24(9-7-17)20(25)19-12-22(13-19)14-27-21(26)23-22/h3-5,11,15,17,19H,6-10,12-14H2,1-2H3,(H,23,26)/t19-,22+. The Morgan fingerprint density at radius 1 is 1.30 bits per heavy atom. The molecule has 1 spiro atoms. The quantitative estimate of drug-likeness (QED) is 0.883. The molecule has 1 aromatic rings. The molecule has 5 heteroatoms. The van der Waals surface area contributed by atoms with Crippen molar-refractivity contribution in [3.8, 4) is 0 Å². The molecule has 5 nitrogen and oxygen atoms in total. The molecular weight excluding hydrogens is 340 g/mol. The average Bonchev–Trinajstić information content (AvgIpc) is 3.02. The summed E-state index contributed by atoms with van der Waals surface area (Å²) >= 11 is 0. The van der Waals surface area contributed by atoms with Gasteiger partial charge in [-0.05, 0) is 55.1 Å². The number of likely N-dealkylation sites (tertiary alicyclic amines) is 1. The van der Waals surface area contributed by atoms with Crippen LogP contribution in [0.4, 0.5) is 4.79 Å². The molecule has 2 amide bonds. The summed E-state index contributed by atoms with van der Waals surface area (Å²) in [6, 6.07) is 9.00. The van der Waals surface area contributed by atoms with E-state index < -0.39 is 0 Å². The lowest BCUT2D eigenvalue weighted by molar-refractivity contribution is -0.142. The molecule has 0 radical (unpaired) electrons. The number of piperidine rings is 1. The van der Waals surface area contributed by atoms with Crippen molar-refractivity contribution in [2.45, 2.75) is 57.4 Å². The summed E-state index contributed by atoms with van der Waals surface area (Å²) < 4.78 is 5.01. The first-order chi connectivity index (χ1) is 12.9. The molecule has 3 aliphatic rings. The highest BCUT2D eigenvalue weighted by Gasteiger charge is 2.53. The van der Waals surface area contributed by atoms with E-state index in [-0.39, 0.29) is 23.5 Å². The third-order valence-corrected chi connectivity index (χ3v) is 6.34. The number of nitrogens with zero attached hydrogens (tertiary/aromatic N) is 1. The number of cyclic esters (lactones) is 1. The number of ether oxygens (including phenoxy) is 1. The van der Waals surface area contributed by atoms with Crippen LogP contribution in [-0.4, -0.2) is 42.1 Å². The van der Waals surface area contributed by atoms with E-state index in [2.05, 4.69) is 43.4 Å². The van der Waals surface area contributed by atoms with Crippen LogP contribution < -0.4 is 5.32 Å². The van der Waals surface area contributed by atoms with Gasteiger partial charge in [0.2, 0.25) is 5.91 Å². The van der Waals surface area contributed by atoms with Gasteiger partial charge in [0.05, 0.1) is 5.54 Å². The minimum absolute atomic E-state index is 0.0397. The molecule has 2 aliphatic heterocycles. The van der Waals surface area contributed by atoms with E-state index in [4.69, 9.17) is 4.74 Å². The van der Waals surface area contributed by atoms with Gasteiger partial charge >= 0.3 is 6.09 Å². The van der Waals surface area contributed by atoms with Crippen molar-refractivity contribution in [2.75, 3.05) is 19.7 Å². The van der Waals surface area contributed by atoms with Gasteiger partial charge < -0.3 is 15.0 Å². The molecular formula is C22H30N2O3. The maximum absolute atomic E-state index is 12.8. The summed E-state index contributed by atoms with van der Waals surface area (Å²) in [7, 11) is 0. The first kappa shape index (κ1) is 18.3. The van der Waals surface area contributed by atoms with Gasteiger partial charge in [-0.25, -0.2) is 4.79 Å². The molecule has 0 unspecified atom stereocenters. The Morgan fingerprint density at radius 3 is 2.67 bits per heavy atom. The lowest BCUT2D eigenvalue weighted by atomic mass is 9.68. The molecule has 2 heterocycles. The molecule has 1 N–H and O–H groups in total. The molecule has 0 atom stereocenters. The lowest BCUT2D eigenvalue weighted by Gasteiger charge is -2.45. The van der Waals surface area contributed by atoms with Crippen molar-refractivity contribution < 1.29 is 14.3 Å². The molecule has 0 bridgehead atoms. The highest BCUT2D eigenvalue weighted by Crippen LogP contribution is 2.42. The Balaban J connectivity index is 1.29. The molecule has 3 fully saturated rings. The number of nitrogens with one attached hydrogen (secondary N) is 1. The molecule has 4 rings (SSSR count). The van der Waals surface area contributed by atoms with Crippen LogP contribution in [0.2, 0.25) is 0 Å². The number of carbonyl (C=O) groups is 2. The smallest absolute Gasteiger partial charge is 0.407 e. The zero-order valence-corrected chi connectivity index (χ0v) is 16.4. The van der Waals surface area contributed by atoms with Crippen molar-refractivity contribution in [1.29, 1.82) is 0 Å². The fourth-order valence-corrected chi connectivity index (χ4v) is 4.91. The lowest BCUT2D eigenvalue weighted by Crippen LogP contribution is -2.58. The largest absolute Gasteiger partial charge is 0.447 e. The predicted molar refractivity (Wildman–Crippen MR) is 103 cm³/mol. The van der Waals surface area contributed by atoms with Crippen LogP contribution in [0.25, 0.3) is 0 Å². The van der Waals surface area contributed by atoms with Gasteiger partial charge in [-0.15, -0.1) is 0 Å². The fraction of sp³-hybridized carbons (Fsp3) is 0.636. The van der Waals surface area contributed by atoms with E-state index in [1.54, 1.807) is 0 Å². The summed E-state index contributed by atoms with van der Waals surface area (Å²) in [6.45, 7) is 6.59. The van der Waals surface area contributed by atoms with Gasteiger partial charge in [0.15, 0.2) is 0 Å². The number of amides is 2. The normalized spacial score (nSPS) is 28.2. The van der Waals surface area contributed by atoms with Crippen molar-refractivity contribution in [3.63, 3.8) is 0 Å². The summed E-state index contributed by atoms with van der Waals surface area (Å²) in [6.07, 6.45) is 4.28.